The normalized spacial score (nSPS) is 11.6. The van der Waals surface area contributed by atoms with Crippen LogP contribution in [0.1, 0.15) is 5.56 Å². The molecule has 0 amide bonds. The van der Waals surface area contributed by atoms with Gasteiger partial charge in [-0.15, -0.1) is 0 Å². The number of hydrogen-bond acceptors (Lipinski definition) is 5. The summed E-state index contributed by atoms with van der Waals surface area (Å²) in [7, 11) is -3.52. The van der Waals surface area contributed by atoms with Crippen molar-refractivity contribution in [1.29, 1.82) is 0 Å². The number of para-hydroxylation sites is 2. The van der Waals surface area contributed by atoms with Crippen LogP contribution in [0.15, 0.2) is 89.5 Å². The molecular formula is C23H18N4O3S. The highest BCUT2D eigenvalue weighted by molar-refractivity contribution is 7.91. The first kappa shape index (κ1) is 19.1. The number of anilines is 1. The Hall–Kier alpha value is -3.91. The molecule has 2 N–H and O–H groups in total. The van der Waals surface area contributed by atoms with Crippen molar-refractivity contribution in [3.63, 3.8) is 0 Å². The van der Waals surface area contributed by atoms with Crippen molar-refractivity contribution in [2.75, 3.05) is 4.72 Å². The van der Waals surface area contributed by atoms with Gasteiger partial charge in [0.05, 0.1) is 23.2 Å². The number of aromatic nitrogens is 3. The molecule has 0 fully saturated rings. The topological polar surface area (TPSA) is 101 Å². The van der Waals surface area contributed by atoms with E-state index in [-0.39, 0.29) is 5.75 Å². The number of fused-ring (bicyclic) bond motifs is 1. The Balaban J connectivity index is 1.38. The van der Waals surface area contributed by atoms with Crippen molar-refractivity contribution < 1.29 is 12.8 Å². The van der Waals surface area contributed by atoms with Crippen molar-refractivity contribution in [1.82, 2.24) is 15.2 Å². The lowest BCUT2D eigenvalue weighted by Gasteiger charge is -2.09. The molecule has 5 aromatic rings. The summed E-state index contributed by atoms with van der Waals surface area (Å²) in [6, 6.07) is 23.7. The van der Waals surface area contributed by atoms with E-state index in [1.807, 2.05) is 54.6 Å². The fraction of sp³-hybridized carbons (Fsp3) is 0.0435. The SMILES string of the molecule is O=S(=O)(Cc1ccccc1)Nc1ccc(-c2[nH]ncc2-c2nc3ccccc3o2)cc1. The predicted octanol–water partition coefficient (Wildman–Crippen LogP) is 4.83. The van der Waals surface area contributed by atoms with Crippen LogP contribution in [0.25, 0.3) is 33.8 Å². The number of oxazole rings is 1. The smallest absolute Gasteiger partial charge is 0.236 e. The molecule has 0 unspecified atom stereocenters. The minimum Gasteiger partial charge on any atom is -0.436 e. The van der Waals surface area contributed by atoms with Gasteiger partial charge < -0.3 is 4.42 Å². The predicted molar refractivity (Wildman–Crippen MR) is 120 cm³/mol. The molecule has 0 saturated carbocycles. The molecule has 0 spiro atoms. The molecule has 0 saturated heterocycles. The van der Waals surface area contributed by atoms with Gasteiger partial charge in [0.2, 0.25) is 15.9 Å². The van der Waals surface area contributed by atoms with Gasteiger partial charge in [-0.3, -0.25) is 9.82 Å². The molecule has 31 heavy (non-hydrogen) atoms. The summed E-state index contributed by atoms with van der Waals surface area (Å²) >= 11 is 0. The summed E-state index contributed by atoms with van der Waals surface area (Å²) in [4.78, 5) is 4.53. The Labute approximate surface area is 178 Å². The van der Waals surface area contributed by atoms with Crippen LogP contribution in [0.5, 0.6) is 0 Å². The highest BCUT2D eigenvalue weighted by atomic mass is 32.2. The third-order valence-corrected chi connectivity index (χ3v) is 6.07. The fourth-order valence-corrected chi connectivity index (χ4v) is 4.57. The summed E-state index contributed by atoms with van der Waals surface area (Å²) in [6.45, 7) is 0. The molecule has 0 radical (unpaired) electrons. The zero-order valence-corrected chi connectivity index (χ0v) is 17.1. The number of benzene rings is 3. The number of rotatable bonds is 6. The van der Waals surface area contributed by atoms with Crippen molar-refractivity contribution in [3.05, 3.63) is 90.6 Å². The molecule has 7 nitrogen and oxygen atoms in total. The fourth-order valence-electron chi connectivity index (χ4n) is 3.37. The van der Waals surface area contributed by atoms with E-state index in [4.69, 9.17) is 4.42 Å². The van der Waals surface area contributed by atoms with E-state index >= 15 is 0 Å². The summed E-state index contributed by atoms with van der Waals surface area (Å²) in [5.74, 6) is 0.385. The summed E-state index contributed by atoms with van der Waals surface area (Å²) in [5, 5.41) is 7.11. The number of hydrogen-bond donors (Lipinski definition) is 2. The first-order valence-corrected chi connectivity index (χ1v) is 11.3. The van der Waals surface area contributed by atoms with Gasteiger partial charge >= 0.3 is 0 Å². The highest BCUT2D eigenvalue weighted by Crippen LogP contribution is 2.32. The van der Waals surface area contributed by atoms with Crippen LogP contribution < -0.4 is 4.72 Å². The van der Waals surface area contributed by atoms with Crippen molar-refractivity contribution in [2.45, 2.75) is 5.75 Å². The molecule has 0 aliphatic rings. The van der Waals surface area contributed by atoms with E-state index < -0.39 is 10.0 Å². The minimum atomic E-state index is -3.52. The van der Waals surface area contributed by atoms with Gasteiger partial charge in [0.1, 0.15) is 5.52 Å². The third-order valence-electron chi connectivity index (χ3n) is 4.81. The second-order valence-corrected chi connectivity index (χ2v) is 8.79. The van der Waals surface area contributed by atoms with Gasteiger partial charge in [-0.1, -0.05) is 54.6 Å². The quantitative estimate of drug-likeness (QED) is 0.402. The van der Waals surface area contributed by atoms with Crippen molar-refractivity contribution in [3.8, 4) is 22.7 Å². The van der Waals surface area contributed by atoms with Gasteiger partial charge in [0, 0.05) is 11.3 Å². The first-order valence-electron chi connectivity index (χ1n) is 9.62. The molecular weight excluding hydrogens is 412 g/mol. The van der Waals surface area contributed by atoms with Gasteiger partial charge in [0.15, 0.2) is 5.58 Å². The Bertz CT molecular complexity index is 1410. The summed E-state index contributed by atoms with van der Waals surface area (Å²) < 4.78 is 33.4. The summed E-state index contributed by atoms with van der Waals surface area (Å²) in [5.41, 5.74) is 5.00. The molecule has 0 bridgehead atoms. The lowest BCUT2D eigenvalue weighted by molar-refractivity contribution is 0.600. The number of aromatic amines is 1. The highest BCUT2D eigenvalue weighted by Gasteiger charge is 2.16. The van der Waals surface area contributed by atoms with E-state index in [0.29, 0.717) is 17.2 Å². The maximum atomic E-state index is 12.5. The first-order chi connectivity index (χ1) is 15.1. The van der Waals surface area contributed by atoms with E-state index in [0.717, 1.165) is 27.9 Å². The van der Waals surface area contributed by atoms with Crippen LogP contribution in [-0.2, 0) is 15.8 Å². The number of H-pyrrole nitrogens is 1. The second kappa shape index (κ2) is 7.73. The standard InChI is InChI=1S/C23H18N4O3S/c28-31(29,15-16-6-2-1-3-7-16)27-18-12-10-17(11-13-18)22-19(14-24-26-22)23-25-20-8-4-5-9-21(20)30-23/h1-14,27H,15H2,(H,24,26). The molecule has 0 aliphatic heterocycles. The Morgan fingerprint density at radius 1 is 0.903 bits per heavy atom. The van der Waals surface area contributed by atoms with Crippen molar-refractivity contribution >= 4 is 26.8 Å². The Kier molecular flexibility index (Phi) is 4.76. The van der Waals surface area contributed by atoms with Gasteiger partial charge in [-0.2, -0.15) is 5.10 Å². The average molecular weight is 430 g/mol. The summed E-state index contributed by atoms with van der Waals surface area (Å²) in [6.07, 6.45) is 1.66. The van der Waals surface area contributed by atoms with Gasteiger partial charge in [0.25, 0.3) is 0 Å². The molecule has 3 aromatic carbocycles. The van der Waals surface area contributed by atoms with Crippen LogP contribution in [0.4, 0.5) is 5.69 Å². The van der Waals surface area contributed by atoms with Crippen LogP contribution in [-0.4, -0.2) is 23.6 Å². The Morgan fingerprint density at radius 3 is 2.42 bits per heavy atom. The molecule has 2 aromatic heterocycles. The number of nitrogens with one attached hydrogen (secondary N) is 2. The average Bonchev–Trinajstić information content (AvgIpc) is 3.41. The van der Waals surface area contributed by atoms with E-state index in [2.05, 4.69) is 19.9 Å². The minimum absolute atomic E-state index is 0.0853. The van der Waals surface area contributed by atoms with E-state index in [1.165, 1.54) is 0 Å². The molecule has 2 heterocycles. The van der Waals surface area contributed by atoms with Crippen LogP contribution >= 0.6 is 0 Å². The molecule has 0 aliphatic carbocycles. The molecule has 154 valence electrons. The monoisotopic (exact) mass is 430 g/mol. The largest absolute Gasteiger partial charge is 0.436 e. The molecule has 0 atom stereocenters. The zero-order chi connectivity index (χ0) is 21.3. The Morgan fingerprint density at radius 2 is 1.65 bits per heavy atom. The van der Waals surface area contributed by atoms with Crippen LogP contribution in [0.3, 0.4) is 0 Å². The van der Waals surface area contributed by atoms with E-state index in [1.54, 1.807) is 30.5 Å². The lowest BCUT2D eigenvalue weighted by Crippen LogP contribution is -2.14. The zero-order valence-electron chi connectivity index (χ0n) is 16.3. The maximum Gasteiger partial charge on any atom is 0.236 e. The number of nitrogens with zero attached hydrogens (tertiary/aromatic N) is 2. The van der Waals surface area contributed by atoms with Crippen molar-refractivity contribution in [2.24, 2.45) is 0 Å². The maximum absolute atomic E-state index is 12.5. The lowest BCUT2D eigenvalue weighted by atomic mass is 10.1. The second-order valence-electron chi connectivity index (χ2n) is 7.07. The third kappa shape index (κ3) is 4.06. The van der Waals surface area contributed by atoms with Crippen LogP contribution in [0, 0.1) is 0 Å². The number of sulfonamides is 1. The molecule has 8 heteroatoms. The molecule has 5 rings (SSSR count). The van der Waals surface area contributed by atoms with E-state index in [9.17, 15) is 8.42 Å². The van der Waals surface area contributed by atoms with Crippen LogP contribution in [0.2, 0.25) is 0 Å². The van der Waals surface area contributed by atoms with Gasteiger partial charge in [-0.25, -0.2) is 13.4 Å². The van der Waals surface area contributed by atoms with Gasteiger partial charge in [-0.05, 0) is 29.8 Å².